The van der Waals surface area contributed by atoms with E-state index in [4.69, 9.17) is 33.9 Å². The molecule has 0 bridgehead atoms. The fourth-order valence-electron chi connectivity index (χ4n) is 2.11. The maximum Gasteiger partial charge on any atom is 0.262 e. The number of rotatable bonds is 5. The standard InChI is InChI=1S/C13H14Cl3NO3S/c1-2-5-17(9-3-4-9)13(18)8-6-10(14)12(15)11(7-8)21(16,19)20/h6-7,9H,2-5H2,1H3. The number of benzene rings is 1. The SMILES string of the molecule is CCCN(C(=O)c1cc(Cl)c(Cl)c(S(=O)(=O)Cl)c1)C1CC1. The van der Waals surface area contributed by atoms with Crippen molar-refractivity contribution < 1.29 is 13.2 Å². The number of nitrogens with zero attached hydrogens (tertiary/aromatic N) is 1. The maximum atomic E-state index is 12.5. The van der Waals surface area contributed by atoms with E-state index in [2.05, 4.69) is 0 Å². The smallest absolute Gasteiger partial charge is 0.262 e. The van der Waals surface area contributed by atoms with Gasteiger partial charge >= 0.3 is 0 Å². The minimum absolute atomic E-state index is 0.00557. The van der Waals surface area contributed by atoms with E-state index in [0.29, 0.717) is 6.54 Å². The van der Waals surface area contributed by atoms with E-state index in [1.165, 1.54) is 12.1 Å². The van der Waals surface area contributed by atoms with Crippen molar-refractivity contribution in [3.63, 3.8) is 0 Å². The summed E-state index contributed by atoms with van der Waals surface area (Å²) in [6.07, 6.45) is 2.76. The first-order chi connectivity index (χ1) is 9.75. The molecule has 1 aliphatic rings. The molecule has 1 amide bonds. The van der Waals surface area contributed by atoms with Crippen LogP contribution in [-0.4, -0.2) is 31.8 Å². The van der Waals surface area contributed by atoms with E-state index in [0.717, 1.165) is 19.3 Å². The van der Waals surface area contributed by atoms with Crippen LogP contribution < -0.4 is 0 Å². The lowest BCUT2D eigenvalue weighted by Crippen LogP contribution is -2.33. The summed E-state index contributed by atoms with van der Waals surface area (Å²) in [5.74, 6) is -0.250. The summed E-state index contributed by atoms with van der Waals surface area (Å²) in [6, 6.07) is 2.79. The van der Waals surface area contributed by atoms with Gasteiger partial charge in [0.05, 0.1) is 10.0 Å². The van der Waals surface area contributed by atoms with Crippen molar-refractivity contribution >= 4 is 48.8 Å². The minimum atomic E-state index is -4.07. The molecule has 2 rings (SSSR count). The molecule has 1 aromatic carbocycles. The second-order valence-corrected chi connectivity index (χ2v) is 8.26. The van der Waals surface area contributed by atoms with E-state index < -0.39 is 9.05 Å². The van der Waals surface area contributed by atoms with Gasteiger partial charge in [0.15, 0.2) is 0 Å². The Kier molecular flexibility index (Phi) is 5.08. The molecule has 0 aliphatic heterocycles. The fraction of sp³-hybridized carbons (Fsp3) is 0.462. The monoisotopic (exact) mass is 369 g/mol. The lowest BCUT2D eigenvalue weighted by atomic mass is 10.2. The second-order valence-electron chi connectivity index (χ2n) is 4.94. The van der Waals surface area contributed by atoms with Crippen molar-refractivity contribution in [2.75, 3.05) is 6.54 Å². The van der Waals surface area contributed by atoms with Crippen LogP contribution in [0.25, 0.3) is 0 Å². The zero-order valence-electron chi connectivity index (χ0n) is 11.3. The summed E-state index contributed by atoms with van der Waals surface area (Å²) >= 11 is 11.8. The first-order valence-corrected chi connectivity index (χ1v) is 9.57. The van der Waals surface area contributed by atoms with Gasteiger partial charge in [-0.15, -0.1) is 0 Å². The Labute approximate surface area is 138 Å². The first kappa shape index (κ1) is 16.9. The van der Waals surface area contributed by atoms with Crippen molar-refractivity contribution in [3.8, 4) is 0 Å². The van der Waals surface area contributed by atoms with Gasteiger partial charge in [0, 0.05) is 28.8 Å². The highest BCUT2D eigenvalue weighted by atomic mass is 35.7. The van der Waals surface area contributed by atoms with Crippen molar-refractivity contribution in [1.82, 2.24) is 4.90 Å². The van der Waals surface area contributed by atoms with Gasteiger partial charge in [-0.2, -0.15) is 0 Å². The molecule has 4 nitrogen and oxygen atoms in total. The normalized spacial score (nSPS) is 15.0. The zero-order chi connectivity index (χ0) is 15.8. The molecule has 0 spiro atoms. The van der Waals surface area contributed by atoms with Gasteiger partial charge in [0.25, 0.3) is 15.0 Å². The molecule has 1 fully saturated rings. The van der Waals surface area contributed by atoms with Crippen molar-refractivity contribution in [3.05, 3.63) is 27.7 Å². The summed E-state index contributed by atoms with van der Waals surface area (Å²) in [6.45, 7) is 2.60. The lowest BCUT2D eigenvalue weighted by molar-refractivity contribution is 0.0743. The highest BCUT2D eigenvalue weighted by molar-refractivity contribution is 8.13. The molecule has 21 heavy (non-hydrogen) atoms. The molecule has 1 aromatic rings. The molecule has 0 unspecified atom stereocenters. The third kappa shape index (κ3) is 3.83. The molecule has 0 saturated heterocycles. The number of carbonyl (C=O) groups excluding carboxylic acids is 1. The third-order valence-electron chi connectivity index (χ3n) is 3.22. The largest absolute Gasteiger partial charge is 0.336 e. The van der Waals surface area contributed by atoms with Gasteiger partial charge in [0.1, 0.15) is 4.90 Å². The van der Waals surface area contributed by atoms with Gasteiger partial charge in [0.2, 0.25) is 0 Å². The number of halogens is 3. The quantitative estimate of drug-likeness (QED) is 0.738. The molecular weight excluding hydrogens is 357 g/mol. The topological polar surface area (TPSA) is 54.5 Å². The highest BCUT2D eigenvalue weighted by Crippen LogP contribution is 2.34. The van der Waals surface area contributed by atoms with Crippen LogP contribution in [0.4, 0.5) is 0 Å². The molecular formula is C13H14Cl3NO3S. The van der Waals surface area contributed by atoms with Crippen molar-refractivity contribution in [1.29, 1.82) is 0 Å². The Bertz CT molecular complexity index is 671. The summed E-state index contributed by atoms with van der Waals surface area (Å²) in [5, 5.41) is -0.175. The van der Waals surface area contributed by atoms with Gasteiger partial charge in [-0.25, -0.2) is 8.42 Å². The molecule has 8 heteroatoms. The molecule has 0 heterocycles. The Morgan fingerprint density at radius 1 is 1.33 bits per heavy atom. The zero-order valence-corrected chi connectivity index (χ0v) is 14.4. The fourth-order valence-corrected chi connectivity index (χ4v) is 3.87. The number of carbonyl (C=O) groups is 1. The van der Waals surface area contributed by atoms with Gasteiger partial charge < -0.3 is 4.90 Å². The Balaban J connectivity index is 2.44. The molecule has 0 aromatic heterocycles. The summed E-state index contributed by atoms with van der Waals surface area (Å²) in [4.78, 5) is 13.9. The lowest BCUT2D eigenvalue weighted by Gasteiger charge is -2.22. The number of hydrogen-bond donors (Lipinski definition) is 0. The van der Waals surface area contributed by atoms with Crippen LogP contribution in [-0.2, 0) is 9.05 Å². The van der Waals surface area contributed by atoms with Gasteiger partial charge in [-0.05, 0) is 31.4 Å². The average Bonchev–Trinajstić information content (AvgIpc) is 3.21. The van der Waals surface area contributed by atoms with Crippen LogP contribution in [0.2, 0.25) is 10.0 Å². The molecule has 1 saturated carbocycles. The van der Waals surface area contributed by atoms with Gasteiger partial charge in [-0.1, -0.05) is 30.1 Å². The maximum absolute atomic E-state index is 12.5. The van der Waals surface area contributed by atoms with Crippen LogP contribution >= 0.6 is 33.9 Å². The molecule has 0 N–H and O–H groups in total. The van der Waals surface area contributed by atoms with Crippen LogP contribution in [0.5, 0.6) is 0 Å². The molecule has 116 valence electrons. The van der Waals surface area contributed by atoms with E-state index in [9.17, 15) is 13.2 Å². The molecule has 0 atom stereocenters. The van der Waals surface area contributed by atoms with E-state index in [-0.39, 0.29) is 32.5 Å². The van der Waals surface area contributed by atoms with Crippen molar-refractivity contribution in [2.45, 2.75) is 37.1 Å². The van der Waals surface area contributed by atoms with E-state index >= 15 is 0 Å². The van der Waals surface area contributed by atoms with Crippen LogP contribution in [0.3, 0.4) is 0 Å². The average molecular weight is 371 g/mol. The highest BCUT2D eigenvalue weighted by Gasteiger charge is 2.33. The van der Waals surface area contributed by atoms with Crippen LogP contribution in [0.1, 0.15) is 36.5 Å². The summed E-state index contributed by atoms with van der Waals surface area (Å²) in [5.41, 5.74) is 0.184. The second kappa shape index (κ2) is 6.32. The Hall–Kier alpha value is -0.490. The predicted octanol–water partition coefficient (Wildman–Crippen LogP) is 3.94. The Morgan fingerprint density at radius 2 is 1.95 bits per heavy atom. The van der Waals surface area contributed by atoms with Crippen LogP contribution in [0.15, 0.2) is 17.0 Å². The summed E-state index contributed by atoms with van der Waals surface area (Å²) in [7, 11) is 1.26. The van der Waals surface area contributed by atoms with Crippen LogP contribution in [0, 0.1) is 0 Å². The minimum Gasteiger partial charge on any atom is -0.336 e. The predicted molar refractivity (Wildman–Crippen MR) is 83.9 cm³/mol. The Morgan fingerprint density at radius 3 is 2.43 bits per heavy atom. The summed E-state index contributed by atoms with van der Waals surface area (Å²) < 4.78 is 23.0. The number of hydrogen-bond acceptors (Lipinski definition) is 3. The van der Waals surface area contributed by atoms with Crippen molar-refractivity contribution in [2.24, 2.45) is 0 Å². The molecule has 1 aliphatic carbocycles. The van der Waals surface area contributed by atoms with E-state index in [1.54, 1.807) is 4.90 Å². The third-order valence-corrected chi connectivity index (χ3v) is 5.48. The van der Waals surface area contributed by atoms with E-state index in [1.807, 2.05) is 6.92 Å². The molecule has 0 radical (unpaired) electrons. The first-order valence-electron chi connectivity index (χ1n) is 6.50. The number of amides is 1. The van der Waals surface area contributed by atoms with Gasteiger partial charge in [-0.3, -0.25) is 4.79 Å².